The number of aliphatic hydroxyl groups is 2. The summed E-state index contributed by atoms with van der Waals surface area (Å²) < 4.78 is 0. The minimum Gasteiger partial charge on any atom is -0.388 e. The molecule has 1 aliphatic heterocycles. The monoisotopic (exact) mass is 207 g/mol. The van der Waals surface area contributed by atoms with Gasteiger partial charge in [0.15, 0.2) is 0 Å². The summed E-state index contributed by atoms with van der Waals surface area (Å²) in [5, 5.41) is 20.4. The van der Waals surface area contributed by atoms with Crippen molar-refractivity contribution >= 4 is 0 Å². The minimum absolute atomic E-state index is 0.519. The number of rotatable bonds is 1. The fraction of sp³-hybridized carbons (Fsp3) is 0.500. The van der Waals surface area contributed by atoms with E-state index >= 15 is 0 Å². The predicted molar refractivity (Wildman–Crippen MR) is 58.5 cm³/mol. The van der Waals surface area contributed by atoms with Gasteiger partial charge in [-0.1, -0.05) is 30.3 Å². The molecule has 1 fully saturated rings. The number of hydrogen-bond donors (Lipinski definition) is 2. The molecule has 0 aromatic heterocycles. The van der Waals surface area contributed by atoms with Crippen LogP contribution in [-0.4, -0.2) is 41.4 Å². The first-order chi connectivity index (χ1) is 7.13. The molecule has 1 aromatic rings. The molecule has 0 bridgehead atoms. The molecule has 1 aromatic carbocycles. The third-order valence-electron chi connectivity index (χ3n) is 3.18. The van der Waals surface area contributed by atoms with Gasteiger partial charge in [0.25, 0.3) is 0 Å². The van der Waals surface area contributed by atoms with Gasteiger partial charge < -0.3 is 15.1 Å². The molecule has 0 radical (unpaired) electrons. The van der Waals surface area contributed by atoms with Crippen LogP contribution in [0.1, 0.15) is 12.0 Å². The largest absolute Gasteiger partial charge is 0.388 e. The Morgan fingerprint density at radius 2 is 2.00 bits per heavy atom. The van der Waals surface area contributed by atoms with E-state index in [0.29, 0.717) is 13.0 Å². The van der Waals surface area contributed by atoms with E-state index in [2.05, 4.69) is 0 Å². The van der Waals surface area contributed by atoms with Crippen LogP contribution in [0.15, 0.2) is 30.3 Å². The Bertz CT molecular complexity index is 328. The van der Waals surface area contributed by atoms with E-state index in [-0.39, 0.29) is 0 Å². The Labute approximate surface area is 90.0 Å². The molecule has 15 heavy (non-hydrogen) atoms. The van der Waals surface area contributed by atoms with E-state index in [1.165, 1.54) is 0 Å². The maximum absolute atomic E-state index is 10.5. The van der Waals surface area contributed by atoms with E-state index < -0.39 is 11.7 Å². The average molecular weight is 207 g/mol. The van der Waals surface area contributed by atoms with E-state index in [9.17, 15) is 10.2 Å². The summed E-state index contributed by atoms with van der Waals surface area (Å²) in [5.74, 6) is 0. The van der Waals surface area contributed by atoms with Crippen LogP contribution in [0.4, 0.5) is 0 Å². The number of aliphatic hydroxyl groups excluding tert-OH is 1. The van der Waals surface area contributed by atoms with Crippen LogP contribution in [0.25, 0.3) is 0 Å². The van der Waals surface area contributed by atoms with Crippen molar-refractivity contribution in [2.45, 2.75) is 18.1 Å². The van der Waals surface area contributed by atoms with Crippen LogP contribution < -0.4 is 0 Å². The SMILES string of the molecule is CN1CCC(O)(c2ccccc2)C(O)C1. The predicted octanol–water partition coefficient (Wildman–Crippen LogP) is 0.571. The molecule has 0 aliphatic carbocycles. The number of likely N-dealkylation sites (tertiary alicyclic amines) is 1. The Balaban J connectivity index is 2.27. The second-order valence-electron chi connectivity index (χ2n) is 4.32. The van der Waals surface area contributed by atoms with Gasteiger partial charge in [0.05, 0.1) is 6.10 Å². The second-order valence-corrected chi connectivity index (χ2v) is 4.32. The van der Waals surface area contributed by atoms with Crippen molar-refractivity contribution in [2.75, 3.05) is 20.1 Å². The fourth-order valence-electron chi connectivity index (χ4n) is 2.13. The lowest BCUT2D eigenvalue weighted by Gasteiger charge is -2.41. The highest BCUT2D eigenvalue weighted by atomic mass is 16.3. The third kappa shape index (κ3) is 1.91. The van der Waals surface area contributed by atoms with Crippen LogP contribution >= 0.6 is 0 Å². The van der Waals surface area contributed by atoms with Crippen LogP contribution in [0, 0.1) is 0 Å². The molecule has 2 atom stereocenters. The number of likely N-dealkylation sites (N-methyl/N-ethyl adjacent to an activating group) is 1. The molecule has 0 saturated carbocycles. The van der Waals surface area contributed by atoms with E-state index in [0.717, 1.165) is 12.1 Å². The van der Waals surface area contributed by atoms with Crippen LogP contribution in [0.5, 0.6) is 0 Å². The highest BCUT2D eigenvalue weighted by Crippen LogP contribution is 2.32. The minimum atomic E-state index is -1.08. The molecule has 2 rings (SSSR count). The summed E-state index contributed by atoms with van der Waals surface area (Å²) in [4.78, 5) is 2.03. The van der Waals surface area contributed by atoms with E-state index in [4.69, 9.17) is 0 Å². The van der Waals surface area contributed by atoms with Crippen molar-refractivity contribution < 1.29 is 10.2 Å². The number of nitrogens with zero attached hydrogens (tertiary/aromatic N) is 1. The van der Waals surface area contributed by atoms with Crippen molar-refractivity contribution in [2.24, 2.45) is 0 Å². The van der Waals surface area contributed by atoms with Gasteiger partial charge in [-0.2, -0.15) is 0 Å². The van der Waals surface area contributed by atoms with Crippen LogP contribution in [0.3, 0.4) is 0 Å². The fourth-order valence-corrected chi connectivity index (χ4v) is 2.13. The van der Waals surface area contributed by atoms with Crippen molar-refractivity contribution in [3.05, 3.63) is 35.9 Å². The topological polar surface area (TPSA) is 43.7 Å². The van der Waals surface area contributed by atoms with Crippen molar-refractivity contribution in [1.29, 1.82) is 0 Å². The number of piperidine rings is 1. The maximum Gasteiger partial charge on any atom is 0.118 e. The standard InChI is InChI=1S/C12H17NO2/c1-13-8-7-12(15,11(14)9-13)10-5-3-2-4-6-10/h2-6,11,14-15H,7-9H2,1H3. The Kier molecular flexibility index (Phi) is 2.78. The molecule has 1 aliphatic rings. The quantitative estimate of drug-likeness (QED) is 0.707. The lowest BCUT2D eigenvalue weighted by molar-refractivity contribution is -0.120. The molecular weight excluding hydrogens is 190 g/mol. The first-order valence-corrected chi connectivity index (χ1v) is 5.27. The normalized spacial score (nSPS) is 32.9. The van der Waals surface area contributed by atoms with Gasteiger partial charge in [-0.15, -0.1) is 0 Å². The summed E-state index contributed by atoms with van der Waals surface area (Å²) in [5.41, 5.74) is -0.265. The molecular formula is C12H17NO2. The van der Waals surface area contributed by atoms with E-state index in [1.54, 1.807) is 0 Å². The number of benzene rings is 1. The molecule has 1 saturated heterocycles. The van der Waals surface area contributed by atoms with Crippen molar-refractivity contribution in [1.82, 2.24) is 4.90 Å². The number of β-amino-alcohol motifs (C(OH)–C–C–N with tert-alkyl or cyclic N) is 1. The summed E-state index contributed by atoms with van der Waals surface area (Å²) >= 11 is 0. The van der Waals surface area contributed by atoms with Crippen molar-refractivity contribution in [3.8, 4) is 0 Å². The van der Waals surface area contributed by atoms with Crippen molar-refractivity contribution in [3.63, 3.8) is 0 Å². The zero-order valence-corrected chi connectivity index (χ0v) is 8.93. The second kappa shape index (κ2) is 3.93. The Hall–Kier alpha value is -0.900. The Morgan fingerprint density at radius 1 is 1.33 bits per heavy atom. The number of hydrogen-bond acceptors (Lipinski definition) is 3. The molecule has 1 heterocycles. The maximum atomic E-state index is 10.5. The third-order valence-corrected chi connectivity index (χ3v) is 3.18. The molecule has 2 N–H and O–H groups in total. The lowest BCUT2D eigenvalue weighted by Crippen LogP contribution is -2.52. The van der Waals surface area contributed by atoms with Gasteiger partial charge in [0, 0.05) is 13.1 Å². The Morgan fingerprint density at radius 3 is 2.60 bits per heavy atom. The smallest absolute Gasteiger partial charge is 0.118 e. The van der Waals surface area contributed by atoms with Gasteiger partial charge in [-0.25, -0.2) is 0 Å². The van der Waals surface area contributed by atoms with Gasteiger partial charge in [-0.05, 0) is 19.0 Å². The molecule has 0 spiro atoms. The summed E-state index contributed by atoms with van der Waals surface area (Å²) in [6.45, 7) is 1.33. The summed E-state index contributed by atoms with van der Waals surface area (Å²) in [7, 11) is 1.95. The average Bonchev–Trinajstić information content (AvgIpc) is 2.25. The highest BCUT2D eigenvalue weighted by Gasteiger charge is 2.40. The first kappa shape index (κ1) is 10.6. The summed E-state index contributed by atoms with van der Waals surface area (Å²) in [6.07, 6.45) is -0.132. The summed E-state index contributed by atoms with van der Waals surface area (Å²) in [6, 6.07) is 9.42. The zero-order valence-electron chi connectivity index (χ0n) is 8.93. The van der Waals surface area contributed by atoms with Crippen LogP contribution in [0.2, 0.25) is 0 Å². The van der Waals surface area contributed by atoms with Gasteiger partial charge in [0.2, 0.25) is 0 Å². The van der Waals surface area contributed by atoms with E-state index in [1.807, 2.05) is 42.3 Å². The van der Waals surface area contributed by atoms with Crippen LogP contribution in [-0.2, 0) is 5.60 Å². The first-order valence-electron chi connectivity index (χ1n) is 5.27. The lowest BCUT2D eigenvalue weighted by atomic mass is 9.82. The molecule has 3 heteroatoms. The van der Waals surface area contributed by atoms with Gasteiger partial charge >= 0.3 is 0 Å². The zero-order chi connectivity index (χ0) is 10.9. The highest BCUT2D eigenvalue weighted by molar-refractivity contribution is 5.24. The van der Waals surface area contributed by atoms with Gasteiger partial charge in [-0.3, -0.25) is 0 Å². The molecule has 3 nitrogen and oxygen atoms in total. The molecule has 82 valence electrons. The molecule has 2 unspecified atom stereocenters. The van der Waals surface area contributed by atoms with Gasteiger partial charge in [0.1, 0.15) is 5.60 Å². The molecule has 0 amide bonds.